The number of tetrazole rings is 1. The summed E-state index contributed by atoms with van der Waals surface area (Å²) in [6.07, 6.45) is 4.76. The van der Waals surface area contributed by atoms with Crippen molar-refractivity contribution in [1.82, 2.24) is 20.2 Å². The lowest BCUT2D eigenvalue weighted by Gasteiger charge is -2.11. The van der Waals surface area contributed by atoms with Crippen molar-refractivity contribution in [2.45, 2.75) is 33.4 Å². The van der Waals surface area contributed by atoms with Gasteiger partial charge in [-0.25, -0.2) is 9.48 Å². The van der Waals surface area contributed by atoms with Gasteiger partial charge in [-0.3, -0.25) is 0 Å². The zero-order chi connectivity index (χ0) is 18.1. The number of allylic oxidation sites excluding steroid dienone is 1. The van der Waals surface area contributed by atoms with Gasteiger partial charge in [-0.1, -0.05) is 25.1 Å². The Kier molecular flexibility index (Phi) is 6.94. The molecule has 1 aromatic heterocycles. The number of rotatable bonds is 9. The fourth-order valence-corrected chi connectivity index (χ4v) is 2.14. The minimum Gasteiger partial charge on any atom is -0.493 e. The number of hydrogen-bond acceptors (Lipinski definition) is 7. The zero-order valence-electron chi connectivity index (χ0n) is 14.6. The van der Waals surface area contributed by atoms with Crippen LogP contribution in [0, 0.1) is 0 Å². The van der Waals surface area contributed by atoms with Crippen LogP contribution >= 0.6 is 0 Å². The van der Waals surface area contributed by atoms with E-state index in [0.717, 1.165) is 12.0 Å². The van der Waals surface area contributed by atoms with E-state index in [1.165, 1.54) is 0 Å². The lowest BCUT2D eigenvalue weighted by Crippen LogP contribution is -2.17. The van der Waals surface area contributed by atoms with E-state index < -0.39 is 5.97 Å². The minimum atomic E-state index is -0.509. The molecule has 0 bridgehead atoms. The second-order valence-corrected chi connectivity index (χ2v) is 5.18. The smallest absolute Gasteiger partial charge is 0.344 e. The van der Waals surface area contributed by atoms with Gasteiger partial charge in [-0.15, -0.1) is 5.10 Å². The molecule has 1 aromatic carbocycles. The van der Waals surface area contributed by atoms with Gasteiger partial charge in [-0.05, 0) is 41.5 Å². The molecule has 0 aliphatic heterocycles. The van der Waals surface area contributed by atoms with E-state index in [4.69, 9.17) is 14.2 Å². The lowest BCUT2D eigenvalue weighted by atomic mass is 10.2. The molecule has 1 heterocycles. The van der Waals surface area contributed by atoms with Crippen LogP contribution in [0.4, 0.5) is 0 Å². The Labute approximate surface area is 146 Å². The molecule has 8 nitrogen and oxygen atoms in total. The average molecular weight is 346 g/mol. The van der Waals surface area contributed by atoms with E-state index in [-0.39, 0.29) is 13.2 Å². The van der Waals surface area contributed by atoms with Crippen molar-refractivity contribution in [3.05, 3.63) is 35.7 Å². The van der Waals surface area contributed by atoms with Crippen LogP contribution in [-0.2, 0) is 22.7 Å². The Hall–Kier alpha value is -2.90. The normalized spacial score (nSPS) is 10.8. The predicted molar refractivity (Wildman–Crippen MR) is 91.1 cm³/mol. The van der Waals surface area contributed by atoms with Crippen LogP contribution in [0.5, 0.6) is 11.5 Å². The van der Waals surface area contributed by atoms with Crippen molar-refractivity contribution in [2.75, 3.05) is 13.7 Å². The van der Waals surface area contributed by atoms with E-state index in [9.17, 15) is 4.79 Å². The van der Waals surface area contributed by atoms with Crippen molar-refractivity contribution < 1.29 is 19.0 Å². The van der Waals surface area contributed by atoms with Gasteiger partial charge in [0.25, 0.3) is 0 Å². The van der Waals surface area contributed by atoms with Crippen molar-refractivity contribution in [1.29, 1.82) is 0 Å². The summed E-state index contributed by atoms with van der Waals surface area (Å²) in [5.74, 6) is 1.02. The number of methoxy groups -OCH3 is 1. The van der Waals surface area contributed by atoms with Gasteiger partial charge in [0.2, 0.25) is 0 Å². The highest BCUT2D eigenvalue weighted by atomic mass is 16.6. The zero-order valence-corrected chi connectivity index (χ0v) is 14.6. The molecule has 0 N–H and O–H groups in total. The molecule has 0 saturated carbocycles. The van der Waals surface area contributed by atoms with Gasteiger partial charge in [-0.2, -0.15) is 0 Å². The summed E-state index contributed by atoms with van der Waals surface area (Å²) in [4.78, 5) is 11.9. The fraction of sp³-hybridized carbons (Fsp3) is 0.412. The molecule has 0 unspecified atom stereocenters. The molecule has 8 heteroatoms. The molecule has 0 fully saturated rings. The molecule has 2 aromatic rings. The van der Waals surface area contributed by atoms with Crippen LogP contribution in [-0.4, -0.2) is 39.9 Å². The molecule has 0 spiro atoms. The van der Waals surface area contributed by atoms with E-state index in [1.807, 2.05) is 38.1 Å². The first kappa shape index (κ1) is 18.4. The standard InChI is InChI=1S/C17H22N4O4/c1-4-6-13-7-8-14(15(10-13)23-3)24-12-17(22)25-11-16-18-19-20-21(16)9-5-2/h4,6-8,10H,5,9,11-12H2,1-3H3/b6-4-. The van der Waals surface area contributed by atoms with Crippen LogP contribution in [0.2, 0.25) is 0 Å². The maximum absolute atomic E-state index is 11.9. The largest absolute Gasteiger partial charge is 0.493 e. The Morgan fingerprint density at radius 3 is 2.88 bits per heavy atom. The molecule has 2 rings (SSSR count). The highest BCUT2D eigenvalue weighted by Crippen LogP contribution is 2.28. The number of ether oxygens (including phenoxy) is 3. The van der Waals surface area contributed by atoms with Gasteiger partial charge in [0.15, 0.2) is 30.5 Å². The van der Waals surface area contributed by atoms with Crippen LogP contribution < -0.4 is 9.47 Å². The molecule has 0 radical (unpaired) electrons. The summed E-state index contributed by atoms with van der Waals surface area (Å²) in [5, 5.41) is 11.2. The van der Waals surface area contributed by atoms with Gasteiger partial charge in [0.05, 0.1) is 7.11 Å². The molecule has 0 aliphatic carbocycles. The number of esters is 1. The number of hydrogen-bond donors (Lipinski definition) is 0. The van der Waals surface area contributed by atoms with Gasteiger partial charge in [0.1, 0.15) is 0 Å². The van der Waals surface area contributed by atoms with E-state index in [0.29, 0.717) is 23.9 Å². The maximum atomic E-state index is 11.9. The number of carbonyl (C=O) groups is 1. The van der Waals surface area contributed by atoms with Crippen molar-refractivity contribution in [2.24, 2.45) is 0 Å². The summed E-state index contributed by atoms with van der Waals surface area (Å²) in [6, 6.07) is 5.46. The van der Waals surface area contributed by atoms with E-state index >= 15 is 0 Å². The summed E-state index contributed by atoms with van der Waals surface area (Å²) in [7, 11) is 1.55. The lowest BCUT2D eigenvalue weighted by molar-refractivity contribution is -0.147. The first-order valence-electron chi connectivity index (χ1n) is 8.02. The molecule has 0 atom stereocenters. The third-order valence-corrected chi connectivity index (χ3v) is 3.30. The third kappa shape index (κ3) is 5.30. The molecule has 0 aliphatic rings. The summed E-state index contributed by atoms with van der Waals surface area (Å²) in [5.41, 5.74) is 0.983. The summed E-state index contributed by atoms with van der Waals surface area (Å²) < 4.78 is 17.5. The quantitative estimate of drug-likeness (QED) is 0.643. The number of benzene rings is 1. The number of aryl methyl sites for hydroxylation is 1. The van der Waals surface area contributed by atoms with Crippen LogP contribution in [0.3, 0.4) is 0 Å². The molecule has 134 valence electrons. The fourth-order valence-electron chi connectivity index (χ4n) is 2.14. The Bertz CT molecular complexity index is 727. The second kappa shape index (κ2) is 9.41. The predicted octanol–water partition coefficient (Wildman–Crippen LogP) is 2.25. The summed E-state index contributed by atoms with van der Waals surface area (Å²) >= 11 is 0. The first-order chi connectivity index (χ1) is 12.2. The third-order valence-electron chi connectivity index (χ3n) is 3.30. The van der Waals surface area contributed by atoms with Crippen LogP contribution in [0.15, 0.2) is 24.3 Å². The molecule has 0 amide bonds. The number of carbonyl (C=O) groups excluding carboxylic acids is 1. The van der Waals surface area contributed by atoms with Crippen molar-refractivity contribution in [3.8, 4) is 11.5 Å². The Morgan fingerprint density at radius 1 is 1.32 bits per heavy atom. The van der Waals surface area contributed by atoms with Crippen molar-refractivity contribution >= 4 is 12.0 Å². The Balaban J connectivity index is 1.88. The molecular formula is C17H22N4O4. The molecule has 0 saturated heterocycles. The SMILES string of the molecule is C/C=C\c1ccc(OCC(=O)OCc2nnnn2CCC)c(OC)c1. The highest BCUT2D eigenvalue weighted by molar-refractivity contribution is 5.71. The number of aromatic nitrogens is 4. The monoisotopic (exact) mass is 346 g/mol. The van der Waals surface area contributed by atoms with Gasteiger partial charge < -0.3 is 14.2 Å². The highest BCUT2D eigenvalue weighted by Gasteiger charge is 2.12. The van der Waals surface area contributed by atoms with E-state index in [1.54, 1.807) is 17.9 Å². The second-order valence-electron chi connectivity index (χ2n) is 5.18. The minimum absolute atomic E-state index is 0.00651. The van der Waals surface area contributed by atoms with E-state index in [2.05, 4.69) is 15.5 Å². The summed E-state index contributed by atoms with van der Waals surface area (Å²) in [6.45, 7) is 4.40. The average Bonchev–Trinajstić information content (AvgIpc) is 3.06. The molecule has 25 heavy (non-hydrogen) atoms. The van der Waals surface area contributed by atoms with Crippen LogP contribution in [0.1, 0.15) is 31.7 Å². The topological polar surface area (TPSA) is 88.4 Å². The van der Waals surface area contributed by atoms with Gasteiger partial charge >= 0.3 is 5.97 Å². The van der Waals surface area contributed by atoms with Crippen LogP contribution in [0.25, 0.3) is 6.08 Å². The molecular weight excluding hydrogens is 324 g/mol. The first-order valence-corrected chi connectivity index (χ1v) is 8.02. The number of nitrogens with zero attached hydrogens (tertiary/aromatic N) is 4. The van der Waals surface area contributed by atoms with Crippen molar-refractivity contribution in [3.63, 3.8) is 0 Å². The van der Waals surface area contributed by atoms with Gasteiger partial charge in [0, 0.05) is 6.54 Å². The Morgan fingerprint density at radius 2 is 2.16 bits per heavy atom. The maximum Gasteiger partial charge on any atom is 0.344 e.